The van der Waals surface area contributed by atoms with Crippen molar-refractivity contribution in [2.75, 3.05) is 0 Å². The highest BCUT2D eigenvalue weighted by Gasteiger charge is 2.11. The van der Waals surface area contributed by atoms with Gasteiger partial charge in [-0.05, 0) is 13.3 Å². The van der Waals surface area contributed by atoms with Crippen molar-refractivity contribution in [3.63, 3.8) is 0 Å². The Hall–Kier alpha value is -1.42. The molecule has 0 saturated heterocycles. The fourth-order valence-electron chi connectivity index (χ4n) is 1.87. The summed E-state index contributed by atoms with van der Waals surface area (Å²) in [6.07, 6.45) is 6.83. The second-order valence-corrected chi connectivity index (χ2v) is 4.11. The fourth-order valence-corrected chi connectivity index (χ4v) is 2.16. The maximum atomic E-state index is 6.07. The van der Waals surface area contributed by atoms with Crippen molar-refractivity contribution in [2.45, 2.75) is 33.2 Å². The van der Waals surface area contributed by atoms with Gasteiger partial charge in [-0.2, -0.15) is 0 Å². The first-order valence-corrected chi connectivity index (χ1v) is 6.12. The molecule has 0 spiro atoms. The number of aromatic nitrogens is 4. The van der Waals surface area contributed by atoms with Crippen molar-refractivity contribution in [1.82, 2.24) is 19.5 Å². The van der Waals surface area contributed by atoms with Crippen LogP contribution >= 0.6 is 11.6 Å². The standard InChI is InChI=1S/C12H15ClN4/c1-3-9-10(15-8-16-12(9)13)7-11-14-5-6-17(11)4-2/h5-6,8H,3-4,7H2,1-2H3. The number of rotatable bonds is 4. The van der Waals surface area contributed by atoms with Crippen LogP contribution in [-0.4, -0.2) is 19.5 Å². The quantitative estimate of drug-likeness (QED) is 0.783. The lowest BCUT2D eigenvalue weighted by molar-refractivity contribution is 0.705. The van der Waals surface area contributed by atoms with Crippen LogP contribution < -0.4 is 0 Å². The zero-order valence-corrected chi connectivity index (χ0v) is 10.8. The summed E-state index contributed by atoms with van der Waals surface area (Å²) in [6, 6.07) is 0. The molecule has 0 aromatic carbocycles. The molecule has 4 nitrogen and oxygen atoms in total. The van der Waals surface area contributed by atoms with E-state index < -0.39 is 0 Å². The summed E-state index contributed by atoms with van der Waals surface area (Å²) in [6.45, 7) is 5.06. The molecule has 2 heterocycles. The molecule has 0 unspecified atom stereocenters. The van der Waals surface area contributed by atoms with Crippen molar-refractivity contribution >= 4 is 11.6 Å². The number of hydrogen-bond donors (Lipinski definition) is 0. The Balaban J connectivity index is 2.33. The van der Waals surface area contributed by atoms with Crippen LogP contribution in [0.25, 0.3) is 0 Å². The van der Waals surface area contributed by atoms with Crippen molar-refractivity contribution in [2.24, 2.45) is 0 Å². The Bertz CT molecular complexity index is 507. The molecule has 0 aliphatic carbocycles. The number of hydrogen-bond acceptors (Lipinski definition) is 3. The summed E-state index contributed by atoms with van der Waals surface area (Å²) in [5.41, 5.74) is 1.98. The van der Waals surface area contributed by atoms with E-state index >= 15 is 0 Å². The zero-order valence-electron chi connectivity index (χ0n) is 10.0. The summed E-state index contributed by atoms with van der Waals surface area (Å²) in [5.74, 6) is 1.01. The largest absolute Gasteiger partial charge is 0.335 e. The first kappa shape index (κ1) is 12.0. The van der Waals surface area contributed by atoms with Gasteiger partial charge < -0.3 is 4.57 Å². The van der Waals surface area contributed by atoms with E-state index in [4.69, 9.17) is 11.6 Å². The van der Waals surface area contributed by atoms with Gasteiger partial charge in [-0.3, -0.25) is 0 Å². The molecule has 5 heteroatoms. The molecule has 2 aromatic heterocycles. The molecule has 0 aliphatic rings. The van der Waals surface area contributed by atoms with Gasteiger partial charge in [0.15, 0.2) is 0 Å². The van der Waals surface area contributed by atoms with Gasteiger partial charge in [0, 0.05) is 30.9 Å². The smallest absolute Gasteiger partial charge is 0.135 e. The first-order chi connectivity index (χ1) is 8.26. The molecule has 0 aliphatic heterocycles. The molecule has 0 saturated carbocycles. The molecule has 2 rings (SSSR count). The van der Waals surface area contributed by atoms with Gasteiger partial charge in [0.25, 0.3) is 0 Å². The first-order valence-electron chi connectivity index (χ1n) is 5.74. The van der Waals surface area contributed by atoms with E-state index in [1.54, 1.807) is 0 Å². The van der Waals surface area contributed by atoms with Gasteiger partial charge in [-0.25, -0.2) is 15.0 Å². The lowest BCUT2D eigenvalue weighted by Crippen LogP contribution is -2.06. The molecule has 0 atom stereocenters. The van der Waals surface area contributed by atoms with Crippen molar-refractivity contribution in [1.29, 1.82) is 0 Å². The van der Waals surface area contributed by atoms with Crippen LogP contribution in [0.1, 0.15) is 30.9 Å². The third-order valence-electron chi connectivity index (χ3n) is 2.80. The SMILES string of the molecule is CCc1c(Cl)ncnc1Cc1nccn1CC. The average molecular weight is 251 g/mol. The predicted octanol–water partition coefficient (Wildman–Crippen LogP) is 2.50. The molecular formula is C12H15ClN4. The molecule has 0 radical (unpaired) electrons. The van der Waals surface area contributed by atoms with Gasteiger partial charge in [-0.15, -0.1) is 0 Å². The van der Waals surface area contributed by atoms with E-state index in [0.29, 0.717) is 11.6 Å². The summed E-state index contributed by atoms with van der Waals surface area (Å²) in [7, 11) is 0. The molecule has 0 bridgehead atoms. The van der Waals surface area contributed by atoms with E-state index in [-0.39, 0.29) is 0 Å². The van der Waals surface area contributed by atoms with Crippen LogP contribution in [0.3, 0.4) is 0 Å². The second kappa shape index (κ2) is 5.27. The molecular weight excluding hydrogens is 236 g/mol. The van der Waals surface area contributed by atoms with E-state index in [1.807, 2.05) is 12.4 Å². The van der Waals surface area contributed by atoms with E-state index in [9.17, 15) is 0 Å². The monoisotopic (exact) mass is 250 g/mol. The Kier molecular flexibility index (Phi) is 3.74. The highest BCUT2D eigenvalue weighted by atomic mass is 35.5. The van der Waals surface area contributed by atoms with Gasteiger partial charge in [0.1, 0.15) is 17.3 Å². The minimum atomic E-state index is 0.548. The number of nitrogens with zero attached hydrogens (tertiary/aromatic N) is 4. The van der Waals surface area contributed by atoms with E-state index in [2.05, 4.69) is 33.4 Å². The average Bonchev–Trinajstić information content (AvgIpc) is 2.77. The van der Waals surface area contributed by atoms with Gasteiger partial charge in [0.2, 0.25) is 0 Å². The fraction of sp³-hybridized carbons (Fsp3) is 0.417. The van der Waals surface area contributed by atoms with Crippen LogP contribution in [0.2, 0.25) is 5.15 Å². The summed E-state index contributed by atoms with van der Waals surface area (Å²) in [5, 5.41) is 0.548. The number of aryl methyl sites for hydroxylation is 1. The Morgan fingerprint density at radius 1 is 1.24 bits per heavy atom. The Morgan fingerprint density at radius 3 is 2.76 bits per heavy atom. The maximum absolute atomic E-state index is 6.07. The summed E-state index contributed by atoms with van der Waals surface area (Å²) in [4.78, 5) is 12.7. The van der Waals surface area contributed by atoms with E-state index in [1.165, 1.54) is 6.33 Å². The van der Waals surface area contributed by atoms with Gasteiger partial charge in [-0.1, -0.05) is 18.5 Å². The van der Waals surface area contributed by atoms with Crippen molar-refractivity contribution < 1.29 is 0 Å². The van der Waals surface area contributed by atoms with Crippen LogP contribution in [0.15, 0.2) is 18.7 Å². The summed E-state index contributed by atoms with van der Waals surface area (Å²) < 4.78 is 2.11. The third kappa shape index (κ3) is 2.47. The molecule has 17 heavy (non-hydrogen) atoms. The zero-order chi connectivity index (χ0) is 12.3. The van der Waals surface area contributed by atoms with Crippen LogP contribution in [0.5, 0.6) is 0 Å². The molecule has 90 valence electrons. The minimum Gasteiger partial charge on any atom is -0.335 e. The summed E-state index contributed by atoms with van der Waals surface area (Å²) >= 11 is 6.07. The van der Waals surface area contributed by atoms with Crippen LogP contribution in [0.4, 0.5) is 0 Å². The highest BCUT2D eigenvalue weighted by Crippen LogP contribution is 2.18. The highest BCUT2D eigenvalue weighted by molar-refractivity contribution is 6.30. The minimum absolute atomic E-state index is 0.548. The van der Waals surface area contributed by atoms with Crippen molar-refractivity contribution in [3.8, 4) is 0 Å². The lowest BCUT2D eigenvalue weighted by Gasteiger charge is -2.08. The number of halogens is 1. The van der Waals surface area contributed by atoms with E-state index in [0.717, 1.165) is 30.0 Å². The lowest BCUT2D eigenvalue weighted by atomic mass is 10.1. The topological polar surface area (TPSA) is 43.6 Å². The van der Waals surface area contributed by atoms with Crippen molar-refractivity contribution in [3.05, 3.63) is 41.0 Å². The van der Waals surface area contributed by atoms with Crippen LogP contribution in [-0.2, 0) is 19.4 Å². The Morgan fingerprint density at radius 2 is 2.06 bits per heavy atom. The molecule has 0 amide bonds. The Labute approximate surface area is 106 Å². The van der Waals surface area contributed by atoms with Crippen LogP contribution in [0, 0.1) is 0 Å². The molecule has 0 N–H and O–H groups in total. The molecule has 0 fully saturated rings. The van der Waals surface area contributed by atoms with Gasteiger partial charge >= 0.3 is 0 Å². The number of imidazole rings is 1. The van der Waals surface area contributed by atoms with Gasteiger partial charge in [0.05, 0.1) is 5.69 Å². The molecule has 2 aromatic rings. The third-order valence-corrected chi connectivity index (χ3v) is 3.13. The maximum Gasteiger partial charge on any atom is 0.135 e. The normalized spacial score (nSPS) is 10.8. The second-order valence-electron chi connectivity index (χ2n) is 3.75. The predicted molar refractivity (Wildman–Crippen MR) is 67.1 cm³/mol.